The molecule has 0 spiro atoms. The highest BCUT2D eigenvalue weighted by Gasteiger charge is 2.33. The van der Waals surface area contributed by atoms with Crippen molar-refractivity contribution >= 4 is 5.91 Å². The second kappa shape index (κ2) is 5.07. The average molecular weight is 274 g/mol. The molecule has 1 aliphatic rings. The highest BCUT2D eigenvalue weighted by molar-refractivity contribution is 5.92. The summed E-state index contributed by atoms with van der Waals surface area (Å²) in [5.74, 6) is 0.121. The first kappa shape index (κ1) is 12.8. The van der Waals surface area contributed by atoms with Crippen molar-refractivity contribution in [3.63, 3.8) is 0 Å². The molecule has 1 saturated heterocycles. The number of aryl methyl sites for hydroxylation is 1. The van der Waals surface area contributed by atoms with Gasteiger partial charge in [-0.15, -0.1) is 0 Å². The van der Waals surface area contributed by atoms with Crippen LogP contribution in [0.4, 0.5) is 4.39 Å². The molecule has 1 amide bonds. The van der Waals surface area contributed by atoms with Crippen LogP contribution in [0.2, 0.25) is 0 Å². The maximum Gasteiger partial charge on any atom is 0.276 e. The summed E-state index contributed by atoms with van der Waals surface area (Å²) in [6.07, 6.45) is 1.63. The summed E-state index contributed by atoms with van der Waals surface area (Å²) >= 11 is 0. The molecule has 20 heavy (non-hydrogen) atoms. The number of amides is 1. The summed E-state index contributed by atoms with van der Waals surface area (Å²) in [6, 6.07) is 8.00. The monoisotopic (exact) mass is 274 g/mol. The zero-order valence-corrected chi connectivity index (χ0v) is 11.2. The molecule has 2 aromatic rings. The van der Waals surface area contributed by atoms with Crippen LogP contribution in [-0.2, 0) is 0 Å². The van der Waals surface area contributed by atoms with Crippen molar-refractivity contribution in [1.82, 2.24) is 10.1 Å². The van der Waals surface area contributed by atoms with Crippen molar-refractivity contribution in [3.8, 4) is 0 Å². The van der Waals surface area contributed by atoms with E-state index in [9.17, 15) is 9.18 Å². The van der Waals surface area contributed by atoms with E-state index in [0.29, 0.717) is 17.9 Å². The lowest BCUT2D eigenvalue weighted by Crippen LogP contribution is -2.31. The molecule has 0 N–H and O–H groups in total. The molecule has 5 heteroatoms. The lowest BCUT2D eigenvalue weighted by atomic mass is 10.0. The Hall–Kier alpha value is -2.17. The number of hydrogen-bond donors (Lipinski definition) is 0. The van der Waals surface area contributed by atoms with Crippen LogP contribution >= 0.6 is 0 Å². The average Bonchev–Trinajstić information content (AvgIpc) is 3.07. The molecule has 1 aromatic heterocycles. The zero-order chi connectivity index (χ0) is 14.1. The zero-order valence-electron chi connectivity index (χ0n) is 11.2. The highest BCUT2D eigenvalue weighted by Crippen LogP contribution is 2.34. The Kier molecular flexibility index (Phi) is 3.26. The van der Waals surface area contributed by atoms with Crippen molar-refractivity contribution in [1.29, 1.82) is 0 Å². The topological polar surface area (TPSA) is 46.3 Å². The van der Waals surface area contributed by atoms with Gasteiger partial charge in [0.1, 0.15) is 11.6 Å². The Morgan fingerprint density at radius 1 is 1.45 bits per heavy atom. The molecule has 0 unspecified atom stereocenters. The first-order valence-electron chi connectivity index (χ1n) is 6.65. The number of halogens is 1. The third kappa shape index (κ3) is 2.19. The van der Waals surface area contributed by atoms with Gasteiger partial charge < -0.3 is 9.42 Å². The fourth-order valence-corrected chi connectivity index (χ4v) is 2.69. The van der Waals surface area contributed by atoms with Gasteiger partial charge in [-0.3, -0.25) is 4.79 Å². The predicted octanol–water partition coefficient (Wildman–Crippen LogP) is 3.10. The van der Waals surface area contributed by atoms with E-state index in [1.807, 2.05) is 0 Å². The minimum Gasteiger partial charge on any atom is -0.361 e. The number of carbonyl (C=O) groups excluding carboxylic acids is 1. The Labute approximate surface area is 116 Å². The number of likely N-dealkylation sites (tertiary alicyclic amines) is 1. The van der Waals surface area contributed by atoms with Gasteiger partial charge in [0, 0.05) is 18.2 Å². The van der Waals surface area contributed by atoms with E-state index in [4.69, 9.17) is 4.52 Å². The Bertz CT molecular complexity index is 638. The van der Waals surface area contributed by atoms with E-state index in [-0.39, 0.29) is 23.5 Å². The fraction of sp³-hybridized carbons (Fsp3) is 0.333. The smallest absolute Gasteiger partial charge is 0.276 e. The largest absolute Gasteiger partial charge is 0.361 e. The van der Waals surface area contributed by atoms with Crippen molar-refractivity contribution in [2.45, 2.75) is 25.8 Å². The Morgan fingerprint density at radius 2 is 2.25 bits per heavy atom. The summed E-state index contributed by atoms with van der Waals surface area (Å²) in [5.41, 5.74) is 0.851. The van der Waals surface area contributed by atoms with Crippen LogP contribution in [0.25, 0.3) is 0 Å². The molecule has 1 fully saturated rings. The highest BCUT2D eigenvalue weighted by atomic mass is 19.1. The lowest BCUT2D eigenvalue weighted by molar-refractivity contribution is 0.0723. The van der Waals surface area contributed by atoms with Gasteiger partial charge in [-0.1, -0.05) is 23.4 Å². The van der Waals surface area contributed by atoms with Crippen LogP contribution in [0.15, 0.2) is 34.9 Å². The molecule has 4 nitrogen and oxygen atoms in total. The second-order valence-electron chi connectivity index (χ2n) is 5.00. The lowest BCUT2D eigenvalue weighted by Gasteiger charge is -2.24. The summed E-state index contributed by atoms with van der Waals surface area (Å²) in [7, 11) is 0. The number of carbonyl (C=O) groups is 1. The van der Waals surface area contributed by atoms with Gasteiger partial charge in [0.25, 0.3) is 5.91 Å². The van der Waals surface area contributed by atoms with E-state index < -0.39 is 0 Å². The molecule has 3 rings (SSSR count). The van der Waals surface area contributed by atoms with Crippen LogP contribution in [0.3, 0.4) is 0 Å². The van der Waals surface area contributed by atoms with E-state index in [2.05, 4.69) is 5.16 Å². The molecule has 0 saturated carbocycles. The Morgan fingerprint density at radius 3 is 2.95 bits per heavy atom. The maximum atomic E-state index is 13.9. The Balaban J connectivity index is 1.90. The van der Waals surface area contributed by atoms with Crippen LogP contribution < -0.4 is 0 Å². The molecule has 0 aliphatic carbocycles. The molecular formula is C15H15FN2O2. The van der Waals surface area contributed by atoms with Gasteiger partial charge in [-0.2, -0.15) is 0 Å². The fourth-order valence-electron chi connectivity index (χ4n) is 2.69. The number of benzene rings is 1. The van der Waals surface area contributed by atoms with Crippen molar-refractivity contribution in [2.24, 2.45) is 0 Å². The van der Waals surface area contributed by atoms with Crippen molar-refractivity contribution < 1.29 is 13.7 Å². The second-order valence-corrected chi connectivity index (χ2v) is 5.00. The quantitative estimate of drug-likeness (QED) is 0.845. The summed E-state index contributed by atoms with van der Waals surface area (Å²) in [4.78, 5) is 14.1. The summed E-state index contributed by atoms with van der Waals surface area (Å²) in [6.45, 7) is 2.35. The molecule has 1 aromatic carbocycles. The van der Waals surface area contributed by atoms with Crippen molar-refractivity contribution in [2.75, 3.05) is 6.54 Å². The molecule has 0 radical (unpaired) electrons. The van der Waals surface area contributed by atoms with E-state index >= 15 is 0 Å². The van der Waals surface area contributed by atoms with Crippen LogP contribution in [-0.4, -0.2) is 22.5 Å². The van der Waals surface area contributed by atoms with Crippen molar-refractivity contribution in [3.05, 3.63) is 53.2 Å². The van der Waals surface area contributed by atoms with Gasteiger partial charge >= 0.3 is 0 Å². The van der Waals surface area contributed by atoms with Gasteiger partial charge in [0.2, 0.25) is 0 Å². The van der Waals surface area contributed by atoms with Gasteiger partial charge in [-0.05, 0) is 25.8 Å². The third-order valence-electron chi connectivity index (χ3n) is 3.62. The predicted molar refractivity (Wildman–Crippen MR) is 70.7 cm³/mol. The van der Waals surface area contributed by atoms with Gasteiger partial charge in [-0.25, -0.2) is 4.39 Å². The van der Waals surface area contributed by atoms with Crippen LogP contribution in [0.1, 0.15) is 40.7 Å². The molecule has 1 atom stereocenters. The number of rotatable bonds is 2. The molecule has 104 valence electrons. The molecule has 2 heterocycles. The first-order chi connectivity index (χ1) is 9.66. The molecular weight excluding hydrogens is 259 g/mol. The minimum atomic E-state index is -0.270. The van der Waals surface area contributed by atoms with E-state index in [1.165, 1.54) is 6.07 Å². The minimum absolute atomic E-state index is 0.201. The number of nitrogens with zero attached hydrogens (tertiary/aromatic N) is 2. The summed E-state index contributed by atoms with van der Waals surface area (Å²) < 4.78 is 18.9. The third-order valence-corrected chi connectivity index (χ3v) is 3.62. The normalized spacial score (nSPS) is 18.5. The number of aromatic nitrogens is 1. The summed E-state index contributed by atoms with van der Waals surface area (Å²) in [5, 5.41) is 3.75. The van der Waals surface area contributed by atoms with Gasteiger partial charge in [0.15, 0.2) is 5.69 Å². The molecule has 0 bridgehead atoms. The standard InChI is InChI=1S/C15H15FN2O2/c1-10-9-13(17-20-10)15(19)18-8-4-7-14(18)11-5-2-3-6-12(11)16/h2-3,5-6,9,14H,4,7-8H2,1H3/t14-/m0/s1. The SMILES string of the molecule is Cc1cc(C(=O)N2CCC[C@H]2c2ccccc2F)no1. The van der Waals surface area contributed by atoms with Crippen LogP contribution in [0, 0.1) is 12.7 Å². The van der Waals surface area contributed by atoms with E-state index in [0.717, 1.165) is 12.8 Å². The van der Waals surface area contributed by atoms with Crippen LogP contribution in [0.5, 0.6) is 0 Å². The number of hydrogen-bond acceptors (Lipinski definition) is 3. The first-order valence-corrected chi connectivity index (χ1v) is 6.65. The van der Waals surface area contributed by atoms with Gasteiger partial charge in [0.05, 0.1) is 6.04 Å². The maximum absolute atomic E-state index is 13.9. The van der Waals surface area contributed by atoms with E-state index in [1.54, 1.807) is 36.1 Å². The molecule has 1 aliphatic heterocycles.